The molecule has 0 saturated carbocycles. The molecule has 1 aliphatic carbocycles. The van der Waals surface area contributed by atoms with Gasteiger partial charge in [-0.25, -0.2) is 9.59 Å². The molecule has 3 N–H and O–H groups in total. The minimum absolute atomic E-state index is 0.0163. The Morgan fingerprint density at radius 2 is 1.59 bits per heavy atom. The fourth-order valence-electron chi connectivity index (χ4n) is 4.64. The number of carboxylic acid groups (broad SMARTS) is 1. The number of carbonyl (C=O) groups is 3. The summed E-state index contributed by atoms with van der Waals surface area (Å²) in [5.41, 5.74) is 4.63. The van der Waals surface area contributed by atoms with Crippen molar-refractivity contribution in [3.05, 3.63) is 59.7 Å². The quantitative estimate of drug-likeness (QED) is 0.450. The van der Waals surface area contributed by atoms with Crippen molar-refractivity contribution in [3.8, 4) is 11.1 Å². The summed E-state index contributed by atoms with van der Waals surface area (Å²) < 4.78 is 5.59. The van der Waals surface area contributed by atoms with E-state index in [0.29, 0.717) is 12.3 Å². The molecule has 0 bridgehead atoms. The van der Waals surface area contributed by atoms with E-state index in [9.17, 15) is 14.4 Å². The Bertz CT molecular complexity index is 974. The number of benzene rings is 2. The van der Waals surface area contributed by atoms with Crippen molar-refractivity contribution in [2.24, 2.45) is 11.8 Å². The van der Waals surface area contributed by atoms with Gasteiger partial charge in [-0.1, -0.05) is 69.3 Å². The highest BCUT2D eigenvalue weighted by Gasteiger charge is 2.29. The van der Waals surface area contributed by atoms with Crippen LogP contribution in [0.3, 0.4) is 0 Å². The second-order valence-electron chi connectivity index (χ2n) is 9.27. The molecule has 0 heterocycles. The van der Waals surface area contributed by atoms with Crippen LogP contribution in [-0.2, 0) is 14.3 Å². The number of alkyl carbamates (subject to hydrolysis) is 1. The van der Waals surface area contributed by atoms with Gasteiger partial charge in [0.1, 0.15) is 12.6 Å². The predicted octanol–water partition coefficient (Wildman–Crippen LogP) is 4.56. The molecule has 0 aromatic heterocycles. The van der Waals surface area contributed by atoms with Crippen molar-refractivity contribution >= 4 is 18.0 Å². The smallest absolute Gasteiger partial charge is 0.407 e. The maximum absolute atomic E-state index is 12.5. The number of carbonyl (C=O) groups excluding carboxylic acids is 2. The largest absolute Gasteiger partial charge is 0.480 e. The summed E-state index contributed by atoms with van der Waals surface area (Å²) in [6.07, 6.45) is 0.661. The van der Waals surface area contributed by atoms with E-state index in [-0.39, 0.29) is 37.3 Å². The van der Waals surface area contributed by atoms with Gasteiger partial charge in [-0.15, -0.1) is 0 Å². The SMILES string of the molecule is CCC(NC(=O)CC(CNC(=O)OCC1c2ccccc2-c2ccccc21)CC(C)C)C(=O)O. The highest BCUT2D eigenvalue weighted by molar-refractivity contribution is 5.83. The molecule has 2 aromatic rings. The van der Waals surface area contributed by atoms with Crippen LogP contribution in [0.25, 0.3) is 11.1 Å². The Balaban J connectivity index is 1.55. The first-order valence-electron chi connectivity index (χ1n) is 11.9. The van der Waals surface area contributed by atoms with E-state index < -0.39 is 18.1 Å². The van der Waals surface area contributed by atoms with Crippen molar-refractivity contribution in [1.29, 1.82) is 0 Å². The van der Waals surface area contributed by atoms with E-state index in [2.05, 4.69) is 34.9 Å². The average molecular weight is 467 g/mol. The van der Waals surface area contributed by atoms with Gasteiger partial charge in [-0.2, -0.15) is 0 Å². The molecule has 2 amide bonds. The van der Waals surface area contributed by atoms with Crippen molar-refractivity contribution < 1.29 is 24.2 Å². The Hall–Kier alpha value is -3.35. The number of aliphatic carboxylic acids is 1. The molecule has 0 saturated heterocycles. The van der Waals surface area contributed by atoms with Gasteiger partial charge in [-0.3, -0.25) is 4.79 Å². The number of carboxylic acids is 1. The summed E-state index contributed by atoms with van der Waals surface area (Å²) in [5.74, 6) is -1.19. The van der Waals surface area contributed by atoms with Gasteiger partial charge in [-0.05, 0) is 46.9 Å². The van der Waals surface area contributed by atoms with Crippen molar-refractivity contribution in [3.63, 3.8) is 0 Å². The maximum Gasteiger partial charge on any atom is 0.407 e. The molecule has 2 unspecified atom stereocenters. The summed E-state index contributed by atoms with van der Waals surface area (Å²) in [6.45, 7) is 6.32. The zero-order valence-corrected chi connectivity index (χ0v) is 20.0. The molecule has 0 radical (unpaired) electrons. The Morgan fingerprint density at radius 1 is 1.00 bits per heavy atom. The number of hydrogen-bond acceptors (Lipinski definition) is 4. The van der Waals surface area contributed by atoms with E-state index in [1.807, 2.05) is 38.1 Å². The van der Waals surface area contributed by atoms with Crippen molar-refractivity contribution in [2.75, 3.05) is 13.2 Å². The summed E-state index contributed by atoms with van der Waals surface area (Å²) in [5, 5.41) is 14.5. The van der Waals surface area contributed by atoms with Gasteiger partial charge in [0.05, 0.1) is 0 Å². The first-order chi connectivity index (χ1) is 16.3. The molecule has 1 aliphatic rings. The van der Waals surface area contributed by atoms with Crippen molar-refractivity contribution in [1.82, 2.24) is 10.6 Å². The Labute approximate surface area is 200 Å². The fourth-order valence-corrected chi connectivity index (χ4v) is 4.64. The van der Waals surface area contributed by atoms with Crippen LogP contribution in [0.1, 0.15) is 57.1 Å². The molecule has 0 spiro atoms. The van der Waals surface area contributed by atoms with Gasteiger partial charge in [0.15, 0.2) is 0 Å². The van der Waals surface area contributed by atoms with Crippen LogP contribution in [0.2, 0.25) is 0 Å². The topological polar surface area (TPSA) is 105 Å². The van der Waals surface area contributed by atoms with Gasteiger partial charge in [0.25, 0.3) is 0 Å². The monoisotopic (exact) mass is 466 g/mol. The van der Waals surface area contributed by atoms with E-state index in [0.717, 1.165) is 17.5 Å². The molecule has 182 valence electrons. The molecule has 2 atom stereocenters. The predicted molar refractivity (Wildman–Crippen MR) is 130 cm³/mol. The van der Waals surface area contributed by atoms with Crippen LogP contribution in [0.4, 0.5) is 4.79 Å². The Morgan fingerprint density at radius 3 is 2.12 bits per heavy atom. The summed E-state index contributed by atoms with van der Waals surface area (Å²) in [6, 6.07) is 15.4. The third-order valence-electron chi connectivity index (χ3n) is 6.20. The number of fused-ring (bicyclic) bond motifs is 3. The van der Waals surface area contributed by atoms with E-state index in [4.69, 9.17) is 9.84 Å². The molecular formula is C27H34N2O5. The standard InChI is InChI=1S/C27H34N2O5/c1-4-24(26(31)32)29-25(30)14-18(13-17(2)3)15-28-27(33)34-16-23-21-11-7-5-9-19(21)20-10-6-8-12-22(20)23/h5-12,17-18,23-24H,4,13-16H2,1-3H3,(H,28,33)(H,29,30)(H,31,32). The highest BCUT2D eigenvalue weighted by atomic mass is 16.5. The van der Waals surface area contributed by atoms with Gasteiger partial charge >= 0.3 is 12.1 Å². The highest BCUT2D eigenvalue weighted by Crippen LogP contribution is 2.44. The van der Waals surface area contributed by atoms with Gasteiger partial charge < -0.3 is 20.5 Å². The average Bonchev–Trinajstić information content (AvgIpc) is 3.13. The fraction of sp³-hybridized carbons (Fsp3) is 0.444. The molecule has 7 heteroatoms. The molecule has 34 heavy (non-hydrogen) atoms. The molecule has 0 aliphatic heterocycles. The van der Waals surface area contributed by atoms with Crippen LogP contribution in [0, 0.1) is 11.8 Å². The zero-order chi connectivity index (χ0) is 24.7. The van der Waals surface area contributed by atoms with Crippen LogP contribution >= 0.6 is 0 Å². The maximum atomic E-state index is 12.5. The molecule has 2 aromatic carbocycles. The van der Waals surface area contributed by atoms with Crippen LogP contribution in [0.15, 0.2) is 48.5 Å². The number of hydrogen-bond donors (Lipinski definition) is 3. The lowest BCUT2D eigenvalue weighted by Crippen LogP contribution is -2.42. The molecule has 7 nitrogen and oxygen atoms in total. The lowest BCUT2D eigenvalue weighted by molar-refractivity contribution is -0.142. The normalized spacial score (nSPS) is 14.1. The lowest BCUT2D eigenvalue weighted by Gasteiger charge is -2.21. The van der Waals surface area contributed by atoms with Crippen LogP contribution < -0.4 is 10.6 Å². The second-order valence-corrected chi connectivity index (χ2v) is 9.27. The van der Waals surface area contributed by atoms with Gasteiger partial charge in [0, 0.05) is 18.9 Å². The third-order valence-corrected chi connectivity index (χ3v) is 6.20. The first kappa shape index (κ1) is 25.3. The second kappa shape index (κ2) is 11.7. The van der Waals surface area contributed by atoms with E-state index in [1.54, 1.807) is 6.92 Å². The van der Waals surface area contributed by atoms with Gasteiger partial charge in [0.2, 0.25) is 5.91 Å². The first-order valence-corrected chi connectivity index (χ1v) is 11.9. The van der Waals surface area contributed by atoms with E-state index >= 15 is 0 Å². The molecule has 3 rings (SSSR count). The summed E-state index contributed by atoms with van der Waals surface area (Å²) in [7, 11) is 0. The zero-order valence-electron chi connectivity index (χ0n) is 20.0. The minimum Gasteiger partial charge on any atom is -0.480 e. The number of amides is 2. The Kier molecular flexibility index (Phi) is 8.68. The number of rotatable bonds is 11. The van der Waals surface area contributed by atoms with Crippen LogP contribution in [-0.4, -0.2) is 42.3 Å². The molecule has 0 fully saturated rings. The summed E-state index contributed by atoms with van der Waals surface area (Å²) >= 11 is 0. The molecular weight excluding hydrogens is 432 g/mol. The van der Waals surface area contributed by atoms with Crippen molar-refractivity contribution in [2.45, 2.75) is 52.0 Å². The van der Waals surface area contributed by atoms with E-state index in [1.165, 1.54) is 11.1 Å². The third kappa shape index (κ3) is 6.37. The summed E-state index contributed by atoms with van der Waals surface area (Å²) in [4.78, 5) is 36.1. The number of nitrogens with one attached hydrogen (secondary N) is 2. The minimum atomic E-state index is -1.05. The van der Waals surface area contributed by atoms with Crippen LogP contribution in [0.5, 0.6) is 0 Å². The lowest BCUT2D eigenvalue weighted by atomic mass is 9.93. The number of ether oxygens (including phenoxy) is 1.